The lowest BCUT2D eigenvalue weighted by Crippen LogP contribution is -2.37. The number of nitrogens with zero attached hydrogens (tertiary/aromatic N) is 2. The molecular weight excluding hydrogens is 542 g/mol. The van der Waals surface area contributed by atoms with Crippen molar-refractivity contribution in [3.63, 3.8) is 0 Å². The topological polar surface area (TPSA) is 49.3 Å². The van der Waals surface area contributed by atoms with Crippen molar-refractivity contribution in [1.82, 2.24) is 15.6 Å². The fourth-order valence-electron chi connectivity index (χ4n) is 1.78. The minimum Gasteiger partial charge on any atom is -0.356 e. The van der Waals surface area contributed by atoms with Crippen molar-refractivity contribution in [2.45, 2.75) is 26.8 Å². The molecule has 4 nitrogen and oxygen atoms in total. The van der Waals surface area contributed by atoms with Gasteiger partial charge in [-0.2, -0.15) is 0 Å². The van der Waals surface area contributed by atoms with Crippen LogP contribution in [-0.2, 0) is 13.0 Å². The Morgan fingerprint density at radius 2 is 2.05 bits per heavy atom. The number of thiophene rings is 1. The molecule has 8 heteroatoms. The van der Waals surface area contributed by atoms with Gasteiger partial charge < -0.3 is 10.6 Å². The normalized spacial score (nSPS) is 11.2. The SMILES string of the molecule is CN=C(NCCc1ccc(I)s1)NCc1nc(C)c(C)s1.I. The lowest BCUT2D eigenvalue weighted by molar-refractivity contribution is 0.795. The van der Waals surface area contributed by atoms with Crippen LogP contribution in [0.15, 0.2) is 17.1 Å². The third-order valence-electron chi connectivity index (χ3n) is 3.00. The van der Waals surface area contributed by atoms with Gasteiger partial charge in [0, 0.05) is 23.3 Å². The second-order valence-corrected chi connectivity index (χ2v) is 8.91. The van der Waals surface area contributed by atoms with Gasteiger partial charge in [-0.1, -0.05) is 0 Å². The van der Waals surface area contributed by atoms with Gasteiger partial charge in [0.2, 0.25) is 0 Å². The van der Waals surface area contributed by atoms with Crippen LogP contribution in [0.2, 0.25) is 0 Å². The molecule has 0 spiro atoms. The van der Waals surface area contributed by atoms with Gasteiger partial charge in [0.15, 0.2) is 5.96 Å². The number of guanidine groups is 1. The van der Waals surface area contributed by atoms with E-state index in [-0.39, 0.29) is 24.0 Å². The molecule has 0 unspecified atom stereocenters. The molecule has 0 saturated carbocycles. The van der Waals surface area contributed by atoms with Crippen LogP contribution in [0.4, 0.5) is 0 Å². The van der Waals surface area contributed by atoms with Crippen LogP contribution in [0.25, 0.3) is 0 Å². The lowest BCUT2D eigenvalue weighted by Gasteiger charge is -2.10. The number of hydrogen-bond acceptors (Lipinski definition) is 4. The third kappa shape index (κ3) is 6.28. The Balaban J connectivity index is 0.00000242. The fourth-order valence-corrected chi connectivity index (χ4v) is 4.41. The molecule has 0 aliphatic heterocycles. The molecule has 0 aliphatic carbocycles. The van der Waals surface area contributed by atoms with E-state index < -0.39 is 0 Å². The molecule has 122 valence electrons. The van der Waals surface area contributed by atoms with E-state index in [1.54, 1.807) is 18.4 Å². The first-order valence-corrected chi connectivity index (χ1v) is 9.41. The summed E-state index contributed by atoms with van der Waals surface area (Å²) in [6, 6.07) is 4.34. The molecule has 0 bridgehead atoms. The Morgan fingerprint density at radius 3 is 2.59 bits per heavy atom. The molecule has 2 aromatic rings. The first-order chi connectivity index (χ1) is 10.1. The van der Waals surface area contributed by atoms with E-state index in [2.05, 4.69) is 62.3 Å². The highest BCUT2D eigenvalue weighted by Crippen LogP contribution is 2.18. The van der Waals surface area contributed by atoms with E-state index in [0.717, 1.165) is 36.2 Å². The van der Waals surface area contributed by atoms with Crippen LogP contribution >= 0.6 is 69.2 Å². The zero-order valence-corrected chi connectivity index (χ0v) is 18.9. The second-order valence-electron chi connectivity index (χ2n) is 4.56. The molecule has 2 heterocycles. The third-order valence-corrected chi connectivity index (χ3v) is 6.02. The summed E-state index contributed by atoms with van der Waals surface area (Å²) in [7, 11) is 1.79. The summed E-state index contributed by atoms with van der Waals surface area (Å²) in [6.45, 7) is 5.75. The zero-order valence-electron chi connectivity index (χ0n) is 12.8. The quantitative estimate of drug-likeness (QED) is 0.330. The highest BCUT2D eigenvalue weighted by Gasteiger charge is 2.05. The maximum Gasteiger partial charge on any atom is 0.191 e. The number of aliphatic imine (C=N–C) groups is 1. The van der Waals surface area contributed by atoms with Gasteiger partial charge in [-0.25, -0.2) is 4.98 Å². The van der Waals surface area contributed by atoms with E-state index >= 15 is 0 Å². The molecule has 0 saturated heterocycles. The highest BCUT2D eigenvalue weighted by atomic mass is 127. The van der Waals surface area contributed by atoms with Gasteiger partial charge in [-0.3, -0.25) is 4.99 Å². The predicted octanol–water partition coefficient (Wildman–Crippen LogP) is 3.95. The van der Waals surface area contributed by atoms with E-state index in [1.807, 2.05) is 18.3 Å². The van der Waals surface area contributed by atoms with Crippen molar-refractivity contribution >= 4 is 75.2 Å². The van der Waals surface area contributed by atoms with Gasteiger partial charge in [-0.05, 0) is 55.0 Å². The summed E-state index contributed by atoms with van der Waals surface area (Å²) >= 11 is 5.93. The Hall–Kier alpha value is 0.0600. The molecule has 22 heavy (non-hydrogen) atoms. The molecule has 2 N–H and O–H groups in total. The van der Waals surface area contributed by atoms with Crippen LogP contribution in [0.1, 0.15) is 20.5 Å². The first-order valence-electron chi connectivity index (χ1n) is 6.70. The van der Waals surface area contributed by atoms with Gasteiger partial charge in [-0.15, -0.1) is 46.7 Å². The number of rotatable bonds is 5. The van der Waals surface area contributed by atoms with Crippen LogP contribution in [0.5, 0.6) is 0 Å². The van der Waals surface area contributed by atoms with Crippen LogP contribution in [0.3, 0.4) is 0 Å². The first kappa shape index (κ1) is 20.1. The highest BCUT2D eigenvalue weighted by molar-refractivity contribution is 14.1. The van der Waals surface area contributed by atoms with Crippen molar-refractivity contribution in [2.24, 2.45) is 4.99 Å². The van der Waals surface area contributed by atoms with E-state index in [4.69, 9.17) is 0 Å². The summed E-state index contributed by atoms with van der Waals surface area (Å²) in [5.41, 5.74) is 1.12. The van der Waals surface area contributed by atoms with Crippen molar-refractivity contribution in [3.8, 4) is 0 Å². The summed E-state index contributed by atoms with van der Waals surface area (Å²) < 4.78 is 1.33. The number of nitrogens with one attached hydrogen (secondary N) is 2. The number of halogens is 2. The number of hydrogen-bond donors (Lipinski definition) is 2. The largest absolute Gasteiger partial charge is 0.356 e. The van der Waals surface area contributed by atoms with Gasteiger partial charge in [0.05, 0.1) is 15.1 Å². The molecule has 0 aliphatic rings. The fraction of sp³-hybridized carbons (Fsp3) is 0.429. The summed E-state index contributed by atoms with van der Waals surface area (Å²) in [6.07, 6.45) is 1.02. The molecule has 0 atom stereocenters. The average Bonchev–Trinajstić information content (AvgIpc) is 3.00. The number of aromatic nitrogens is 1. The molecular formula is C14H20I2N4S2. The van der Waals surface area contributed by atoms with Crippen LogP contribution in [-0.4, -0.2) is 24.5 Å². The predicted molar refractivity (Wildman–Crippen MR) is 116 cm³/mol. The minimum absolute atomic E-state index is 0. The van der Waals surface area contributed by atoms with Crippen molar-refractivity contribution in [2.75, 3.05) is 13.6 Å². The Morgan fingerprint density at radius 1 is 1.27 bits per heavy atom. The van der Waals surface area contributed by atoms with E-state index in [0.29, 0.717) is 0 Å². The maximum absolute atomic E-state index is 4.52. The summed E-state index contributed by atoms with van der Waals surface area (Å²) in [5.74, 6) is 0.826. The number of aryl methyl sites for hydroxylation is 2. The standard InChI is InChI=1S/C14H19IN4S2.HI/c1-9-10(2)20-13(19-9)8-18-14(16-3)17-7-6-11-4-5-12(15)21-11;/h4-5H,6-8H2,1-3H3,(H2,16,17,18);1H. The van der Waals surface area contributed by atoms with Crippen molar-refractivity contribution in [1.29, 1.82) is 0 Å². The second kappa shape index (κ2) is 10.0. The molecule has 2 rings (SSSR count). The Labute approximate surface area is 170 Å². The molecule has 0 aromatic carbocycles. The molecule has 2 aromatic heterocycles. The lowest BCUT2D eigenvalue weighted by atomic mass is 10.3. The zero-order chi connectivity index (χ0) is 15.2. The Bertz CT molecular complexity index is 603. The molecule has 0 fully saturated rings. The number of thiazole rings is 1. The summed E-state index contributed by atoms with van der Waals surface area (Å²) in [5, 5.41) is 7.74. The summed E-state index contributed by atoms with van der Waals surface area (Å²) in [4.78, 5) is 11.4. The van der Waals surface area contributed by atoms with Crippen molar-refractivity contribution in [3.05, 3.63) is 35.5 Å². The van der Waals surface area contributed by atoms with Crippen LogP contribution < -0.4 is 10.6 Å². The Kier molecular flexibility index (Phi) is 9.17. The van der Waals surface area contributed by atoms with Gasteiger partial charge >= 0.3 is 0 Å². The molecule has 0 amide bonds. The maximum atomic E-state index is 4.52. The van der Waals surface area contributed by atoms with E-state index in [9.17, 15) is 0 Å². The smallest absolute Gasteiger partial charge is 0.191 e. The monoisotopic (exact) mass is 562 g/mol. The van der Waals surface area contributed by atoms with Crippen molar-refractivity contribution < 1.29 is 0 Å². The average molecular weight is 562 g/mol. The minimum atomic E-state index is 0. The van der Waals surface area contributed by atoms with Crippen LogP contribution in [0, 0.1) is 16.7 Å². The van der Waals surface area contributed by atoms with Gasteiger partial charge in [0.25, 0.3) is 0 Å². The van der Waals surface area contributed by atoms with Gasteiger partial charge in [0.1, 0.15) is 5.01 Å². The van der Waals surface area contributed by atoms with E-state index in [1.165, 1.54) is 12.6 Å². The molecule has 0 radical (unpaired) electrons.